The quantitative estimate of drug-likeness (QED) is 0.286. The lowest BCUT2D eigenvalue weighted by molar-refractivity contribution is -0.0259. The van der Waals surface area contributed by atoms with Gasteiger partial charge in [0.05, 0.1) is 37.4 Å². The van der Waals surface area contributed by atoms with E-state index in [0.29, 0.717) is 48.4 Å². The number of ether oxygens (including phenoxy) is 2. The highest BCUT2D eigenvalue weighted by atomic mass is 16.6. The SMILES string of the molecule is CN(C[C@H]1O[C@H](N2CNc3c(N)ncnc32)[C@H](O)[C@@H]1O)C1CC(CCC2Nc3ccc(C4COC4)cc3N2)C1. The van der Waals surface area contributed by atoms with Crippen LogP contribution in [0.5, 0.6) is 0 Å². The zero-order chi connectivity index (χ0) is 26.7. The van der Waals surface area contributed by atoms with Crippen molar-refractivity contribution in [1.29, 1.82) is 0 Å². The molecular formula is C27H38N8O4. The minimum atomic E-state index is -1.05. The van der Waals surface area contributed by atoms with Crippen molar-refractivity contribution in [2.24, 2.45) is 5.92 Å². The van der Waals surface area contributed by atoms with E-state index in [9.17, 15) is 10.2 Å². The molecule has 12 nitrogen and oxygen atoms in total. The monoisotopic (exact) mass is 538 g/mol. The number of rotatable bonds is 8. The molecule has 12 heteroatoms. The third-order valence-corrected chi connectivity index (χ3v) is 9.18. The smallest absolute Gasteiger partial charge is 0.162 e. The number of nitrogens with two attached hydrogens (primary N) is 1. The van der Waals surface area contributed by atoms with Gasteiger partial charge in [0.15, 0.2) is 17.9 Å². The summed E-state index contributed by atoms with van der Waals surface area (Å²) in [7, 11) is 2.08. The molecule has 4 aliphatic heterocycles. The van der Waals surface area contributed by atoms with Crippen LogP contribution in [0.4, 0.5) is 28.7 Å². The first-order chi connectivity index (χ1) is 18.9. The molecule has 0 amide bonds. The zero-order valence-electron chi connectivity index (χ0n) is 22.2. The predicted molar refractivity (Wildman–Crippen MR) is 147 cm³/mol. The molecule has 1 aromatic carbocycles. The van der Waals surface area contributed by atoms with Gasteiger partial charge in [0.25, 0.3) is 0 Å². The molecule has 0 radical (unpaired) electrons. The van der Waals surface area contributed by atoms with E-state index in [1.165, 1.54) is 29.7 Å². The number of nitrogens with zero attached hydrogens (tertiary/aromatic N) is 4. The van der Waals surface area contributed by atoms with Crippen molar-refractivity contribution >= 4 is 28.7 Å². The summed E-state index contributed by atoms with van der Waals surface area (Å²) in [6, 6.07) is 7.13. The molecule has 5 atom stereocenters. The van der Waals surface area contributed by atoms with Gasteiger partial charge >= 0.3 is 0 Å². The van der Waals surface area contributed by atoms with Gasteiger partial charge in [-0.25, -0.2) is 9.97 Å². The van der Waals surface area contributed by atoms with Crippen LogP contribution in [0.2, 0.25) is 0 Å². The molecule has 5 heterocycles. The van der Waals surface area contributed by atoms with Crippen LogP contribution in [0.3, 0.4) is 0 Å². The lowest BCUT2D eigenvalue weighted by atomic mass is 9.76. The summed E-state index contributed by atoms with van der Waals surface area (Å²) < 4.78 is 11.5. The number of aliphatic hydroxyl groups excluding tert-OH is 2. The summed E-state index contributed by atoms with van der Waals surface area (Å²) in [6.07, 6.45) is 2.97. The van der Waals surface area contributed by atoms with Gasteiger partial charge in [-0.05, 0) is 56.3 Å². The zero-order valence-corrected chi connectivity index (χ0v) is 22.2. The lowest BCUT2D eigenvalue weighted by Gasteiger charge is -2.42. The number of aliphatic hydroxyl groups is 2. The van der Waals surface area contributed by atoms with Gasteiger partial charge in [-0.15, -0.1) is 0 Å². The molecule has 1 unspecified atom stereocenters. The van der Waals surface area contributed by atoms with Crippen molar-refractivity contribution in [3.05, 3.63) is 30.1 Å². The number of likely N-dealkylation sites (N-methyl/N-ethyl adjacent to an activating group) is 1. The number of aromatic nitrogens is 2. The van der Waals surface area contributed by atoms with Crippen molar-refractivity contribution < 1.29 is 19.7 Å². The Balaban J connectivity index is 0.868. The fourth-order valence-electron chi connectivity index (χ4n) is 6.54. The number of hydrogen-bond acceptors (Lipinski definition) is 12. The number of benzene rings is 1. The van der Waals surface area contributed by atoms with E-state index >= 15 is 0 Å². The molecule has 5 aliphatic rings. The van der Waals surface area contributed by atoms with E-state index in [4.69, 9.17) is 15.2 Å². The van der Waals surface area contributed by atoms with Crippen LogP contribution in [0.1, 0.15) is 37.2 Å². The number of fused-ring (bicyclic) bond motifs is 2. The Labute approximate surface area is 227 Å². The van der Waals surface area contributed by atoms with Gasteiger partial charge < -0.3 is 51.2 Å². The Morgan fingerprint density at radius 3 is 2.72 bits per heavy atom. The standard InChI is InChI=1S/C27H38N8O4/c1-34(9-20-23(36)24(37)27(39-20)35-13-31-22-25(28)29-12-30-26(22)35)17-6-14(7-17)2-5-21-32-18-4-3-15(8-19(18)33-21)16-10-38-11-16/h3-4,8,12,14,16-17,20-21,23-24,27,31-33,36-37H,2,5-7,9-11,13H2,1H3,(H2,28,29,30)/t14?,17?,20-,21?,23-,24-,27+/m1/s1. The van der Waals surface area contributed by atoms with E-state index in [0.717, 1.165) is 32.5 Å². The Morgan fingerprint density at radius 1 is 1.10 bits per heavy atom. The normalized spacial score (nSPS) is 33.1. The maximum absolute atomic E-state index is 10.8. The summed E-state index contributed by atoms with van der Waals surface area (Å²) in [5.74, 6) is 2.16. The topological polar surface area (TPSA) is 153 Å². The van der Waals surface area contributed by atoms with Crippen molar-refractivity contribution in [1.82, 2.24) is 14.9 Å². The molecule has 0 spiro atoms. The molecule has 1 saturated carbocycles. The Kier molecular flexibility index (Phi) is 6.39. The maximum Gasteiger partial charge on any atom is 0.162 e. The second-order valence-corrected chi connectivity index (χ2v) is 11.7. The van der Waals surface area contributed by atoms with E-state index in [1.807, 2.05) is 0 Å². The molecule has 210 valence electrons. The Hall–Kier alpha value is -2.90. The highest BCUT2D eigenvalue weighted by Gasteiger charge is 2.48. The molecule has 1 aromatic heterocycles. The molecule has 2 aromatic rings. The minimum absolute atomic E-state index is 0.274. The number of anilines is 5. The Morgan fingerprint density at radius 2 is 1.92 bits per heavy atom. The summed E-state index contributed by atoms with van der Waals surface area (Å²) in [4.78, 5) is 12.4. The van der Waals surface area contributed by atoms with Crippen molar-refractivity contribution in [2.45, 2.75) is 68.3 Å². The van der Waals surface area contributed by atoms with Gasteiger partial charge in [-0.2, -0.15) is 0 Å². The second kappa shape index (κ2) is 9.93. The first kappa shape index (κ1) is 25.1. The molecule has 2 saturated heterocycles. The fraction of sp³-hybridized carbons (Fsp3) is 0.630. The summed E-state index contributed by atoms with van der Waals surface area (Å²) in [5.41, 5.74) is 10.3. The average molecular weight is 539 g/mol. The summed E-state index contributed by atoms with van der Waals surface area (Å²) >= 11 is 0. The van der Waals surface area contributed by atoms with Crippen LogP contribution >= 0.6 is 0 Å². The average Bonchev–Trinajstić information content (AvgIpc) is 3.54. The molecule has 3 fully saturated rings. The van der Waals surface area contributed by atoms with Gasteiger partial charge in [-0.1, -0.05) is 6.07 Å². The lowest BCUT2D eigenvalue weighted by Crippen LogP contribution is -2.48. The molecule has 1 aliphatic carbocycles. The Bertz CT molecular complexity index is 1210. The molecule has 7 N–H and O–H groups in total. The highest BCUT2D eigenvalue weighted by Crippen LogP contribution is 2.40. The molecular weight excluding hydrogens is 500 g/mol. The largest absolute Gasteiger partial charge is 0.387 e. The number of hydrogen-bond donors (Lipinski definition) is 6. The van der Waals surface area contributed by atoms with Crippen LogP contribution < -0.4 is 26.6 Å². The number of nitrogen functional groups attached to an aromatic ring is 1. The maximum atomic E-state index is 10.8. The third kappa shape index (κ3) is 4.53. The van der Waals surface area contributed by atoms with Crippen molar-refractivity contribution in [3.63, 3.8) is 0 Å². The van der Waals surface area contributed by atoms with Crippen molar-refractivity contribution in [3.8, 4) is 0 Å². The highest BCUT2D eigenvalue weighted by molar-refractivity contribution is 5.80. The predicted octanol–water partition coefficient (Wildman–Crippen LogP) is 1.16. The summed E-state index contributed by atoms with van der Waals surface area (Å²) in [6.45, 7) is 2.60. The van der Waals surface area contributed by atoms with Crippen LogP contribution in [0.15, 0.2) is 24.5 Å². The number of nitrogens with one attached hydrogen (secondary N) is 3. The van der Waals surface area contributed by atoms with E-state index in [1.54, 1.807) is 4.90 Å². The van der Waals surface area contributed by atoms with Gasteiger partial charge in [0.2, 0.25) is 0 Å². The fourth-order valence-corrected chi connectivity index (χ4v) is 6.54. The van der Waals surface area contributed by atoms with E-state index in [2.05, 4.69) is 56.1 Å². The van der Waals surface area contributed by atoms with Crippen LogP contribution in [0, 0.1) is 5.92 Å². The van der Waals surface area contributed by atoms with Crippen molar-refractivity contribution in [2.75, 3.05) is 60.1 Å². The van der Waals surface area contributed by atoms with Crippen LogP contribution in [0.25, 0.3) is 0 Å². The first-order valence-corrected chi connectivity index (χ1v) is 14.0. The molecule has 0 bridgehead atoms. The van der Waals surface area contributed by atoms with E-state index in [-0.39, 0.29) is 6.17 Å². The molecule has 7 rings (SSSR count). The van der Waals surface area contributed by atoms with Crippen LogP contribution in [-0.4, -0.2) is 95.3 Å². The van der Waals surface area contributed by atoms with Gasteiger partial charge in [-0.3, -0.25) is 0 Å². The third-order valence-electron chi connectivity index (χ3n) is 9.18. The van der Waals surface area contributed by atoms with E-state index < -0.39 is 24.5 Å². The minimum Gasteiger partial charge on any atom is -0.387 e. The van der Waals surface area contributed by atoms with Gasteiger partial charge in [0, 0.05) is 18.5 Å². The summed E-state index contributed by atoms with van der Waals surface area (Å²) in [5, 5.41) is 32.0. The first-order valence-electron chi connectivity index (χ1n) is 14.0. The van der Waals surface area contributed by atoms with Gasteiger partial charge in [0.1, 0.15) is 30.3 Å². The van der Waals surface area contributed by atoms with Crippen LogP contribution in [-0.2, 0) is 9.47 Å². The second-order valence-electron chi connectivity index (χ2n) is 11.7. The molecule has 39 heavy (non-hydrogen) atoms.